The average molecular weight is 555 g/mol. The number of aromatic carboxylic acids is 1. The molecule has 1 aliphatic heterocycles. The Morgan fingerprint density at radius 2 is 1.87 bits per heavy atom. The van der Waals surface area contributed by atoms with Gasteiger partial charge in [0.15, 0.2) is 5.69 Å². The van der Waals surface area contributed by atoms with Gasteiger partial charge in [-0.15, -0.1) is 0 Å². The minimum absolute atomic E-state index is 0.0335. The maximum absolute atomic E-state index is 13.5. The smallest absolute Gasteiger partial charge is 0.410 e. The normalized spacial score (nSPS) is 16.6. The van der Waals surface area contributed by atoms with Crippen molar-refractivity contribution in [3.05, 3.63) is 56.6 Å². The number of hydrogen-bond acceptors (Lipinski definition) is 8. The van der Waals surface area contributed by atoms with Crippen molar-refractivity contribution in [1.82, 2.24) is 19.4 Å². The number of carbonyl (C=O) groups is 2. The first kappa shape index (κ1) is 26.7. The summed E-state index contributed by atoms with van der Waals surface area (Å²) in [7, 11) is 1.70. The molecule has 2 fully saturated rings. The molecule has 1 saturated heterocycles. The van der Waals surface area contributed by atoms with E-state index < -0.39 is 12.0 Å². The average Bonchev–Trinajstić information content (AvgIpc) is 2.89. The minimum Gasteiger partial charge on any atom is -0.476 e. The van der Waals surface area contributed by atoms with Gasteiger partial charge in [-0.1, -0.05) is 17.7 Å². The third-order valence-corrected chi connectivity index (χ3v) is 7.58. The molecule has 0 unspecified atom stereocenters. The van der Waals surface area contributed by atoms with Gasteiger partial charge in [0.25, 0.3) is 5.56 Å². The highest BCUT2D eigenvalue weighted by atomic mass is 35.5. The monoisotopic (exact) mass is 554 g/mol. The van der Waals surface area contributed by atoms with Gasteiger partial charge in [0.05, 0.1) is 22.6 Å². The van der Waals surface area contributed by atoms with Gasteiger partial charge in [-0.2, -0.15) is 0 Å². The number of rotatable bonds is 6. The summed E-state index contributed by atoms with van der Waals surface area (Å²) in [6, 6.07) is 6.44. The Morgan fingerprint density at radius 3 is 2.51 bits per heavy atom. The van der Waals surface area contributed by atoms with Crippen LogP contribution < -0.4 is 15.8 Å². The lowest BCUT2D eigenvalue weighted by Gasteiger charge is -2.37. The fourth-order valence-corrected chi connectivity index (χ4v) is 5.12. The number of anilines is 2. The Bertz CT molecular complexity index is 1500. The quantitative estimate of drug-likeness (QED) is 0.434. The van der Waals surface area contributed by atoms with Gasteiger partial charge in [0.1, 0.15) is 11.3 Å². The lowest BCUT2D eigenvalue weighted by molar-refractivity contribution is 0.0259. The summed E-state index contributed by atoms with van der Waals surface area (Å²) >= 11 is 5.91. The van der Waals surface area contributed by atoms with E-state index in [1.807, 2.05) is 30.9 Å². The van der Waals surface area contributed by atoms with Crippen LogP contribution in [0.3, 0.4) is 0 Å². The van der Waals surface area contributed by atoms with Crippen LogP contribution in [0, 0.1) is 6.92 Å². The van der Waals surface area contributed by atoms with Crippen LogP contribution in [0.15, 0.2) is 29.1 Å². The van der Waals surface area contributed by atoms with Gasteiger partial charge in [0.2, 0.25) is 5.95 Å². The Hall–Kier alpha value is -3.86. The highest BCUT2D eigenvalue weighted by Crippen LogP contribution is 2.29. The largest absolute Gasteiger partial charge is 0.476 e. The Kier molecular flexibility index (Phi) is 7.35. The summed E-state index contributed by atoms with van der Waals surface area (Å²) in [5.74, 6) is -0.692. The topological polar surface area (TPSA) is 130 Å². The van der Waals surface area contributed by atoms with Crippen LogP contribution in [-0.4, -0.2) is 68.9 Å². The van der Waals surface area contributed by atoms with Crippen LogP contribution in [0.5, 0.6) is 0 Å². The number of amides is 1. The van der Waals surface area contributed by atoms with Gasteiger partial charge in [0, 0.05) is 38.8 Å². The van der Waals surface area contributed by atoms with E-state index >= 15 is 0 Å². The molecule has 206 valence electrons. The molecule has 0 spiro atoms. The number of aryl methyl sites for hydroxylation is 1. The number of piperazine rings is 1. The van der Waals surface area contributed by atoms with Crippen molar-refractivity contribution in [2.75, 3.05) is 36.4 Å². The van der Waals surface area contributed by atoms with Crippen LogP contribution in [0.1, 0.15) is 53.8 Å². The Morgan fingerprint density at radius 1 is 1.15 bits per heavy atom. The van der Waals surface area contributed by atoms with E-state index in [0.717, 1.165) is 30.4 Å². The number of carboxylic acids is 1. The van der Waals surface area contributed by atoms with Crippen molar-refractivity contribution in [3.8, 4) is 0 Å². The predicted molar refractivity (Wildman–Crippen MR) is 148 cm³/mol. The SMILES string of the molecule is Cc1cc([C@@H](C)Nc2ccc(Cl)nc2C(=O)O)c2nc(N3CCN(C(=O)OC4CCC4)CC3)n(C)c(=O)c2c1. The molecule has 1 amide bonds. The fraction of sp³-hybridized carbons (Fsp3) is 0.444. The zero-order chi connectivity index (χ0) is 27.8. The van der Waals surface area contributed by atoms with Gasteiger partial charge in [-0.25, -0.2) is 19.6 Å². The highest BCUT2D eigenvalue weighted by Gasteiger charge is 2.29. The summed E-state index contributed by atoms with van der Waals surface area (Å²) in [4.78, 5) is 50.3. The van der Waals surface area contributed by atoms with Crippen molar-refractivity contribution in [3.63, 3.8) is 0 Å². The lowest BCUT2D eigenvalue weighted by atomic mass is 9.96. The van der Waals surface area contributed by atoms with Crippen LogP contribution >= 0.6 is 11.6 Å². The number of fused-ring (bicyclic) bond motifs is 1. The summed E-state index contributed by atoms with van der Waals surface area (Å²) < 4.78 is 7.08. The summed E-state index contributed by atoms with van der Waals surface area (Å²) in [5, 5.41) is 13.4. The number of benzene rings is 1. The molecule has 3 aromatic rings. The number of carbonyl (C=O) groups excluding carboxylic acids is 1. The molecule has 0 bridgehead atoms. The van der Waals surface area contributed by atoms with E-state index in [2.05, 4.69) is 10.3 Å². The highest BCUT2D eigenvalue weighted by molar-refractivity contribution is 6.29. The number of halogens is 1. The first-order valence-corrected chi connectivity index (χ1v) is 13.4. The molecule has 5 rings (SSSR count). The van der Waals surface area contributed by atoms with Crippen molar-refractivity contribution in [1.29, 1.82) is 0 Å². The maximum atomic E-state index is 13.5. The van der Waals surface area contributed by atoms with Crippen LogP contribution in [0.4, 0.5) is 16.4 Å². The van der Waals surface area contributed by atoms with Gasteiger partial charge in [-0.3, -0.25) is 9.36 Å². The first-order valence-electron chi connectivity index (χ1n) is 13.0. The Balaban J connectivity index is 1.44. The number of ether oxygens (including phenoxy) is 1. The lowest BCUT2D eigenvalue weighted by Crippen LogP contribution is -2.51. The molecule has 0 radical (unpaired) electrons. The summed E-state index contributed by atoms with van der Waals surface area (Å²) in [6.45, 7) is 5.74. The summed E-state index contributed by atoms with van der Waals surface area (Å²) in [5.41, 5.74) is 2.09. The predicted octanol–water partition coefficient (Wildman–Crippen LogP) is 3.97. The van der Waals surface area contributed by atoms with E-state index in [-0.39, 0.29) is 28.6 Å². The third-order valence-electron chi connectivity index (χ3n) is 7.37. The molecule has 1 aromatic carbocycles. The van der Waals surface area contributed by atoms with Crippen molar-refractivity contribution in [2.24, 2.45) is 7.05 Å². The number of pyridine rings is 1. The molecule has 2 aliphatic rings. The second-order valence-electron chi connectivity index (χ2n) is 10.1. The van der Waals surface area contributed by atoms with Crippen LogP contribution in [0.25, 0.3) is 10.9 Å². The zero-order valence-corrected chi connectivity index (χ0v) is 22.9. The number of hydrogen-bond donors (Lipinski definition) is 2. The standard InChI is InChI=1S/C27H31ClN6O5/c1-15-13-18(16(2)29-20-7-8-21(28)30-23(20)25(36)37)22-19(14-15)24(35)32(3)26(31-22)33-9-11-34(12-10-33)27(38)39-17-5-4-6-17/h7-8,13-14,16-17,29H,4-6,9-12H2,1-3H3,(H,36,37)/t16-/m1/s1. The van der Waals surface area contributed by atoms with Crippen molar-refractivity contribution in [2.45, 2.75) is 45.3 Å². The maximum Gasteiger partial charge on any atom is 0.410 e. The number of nitrogens with one attached hydrogen (secondary N) is 1. The third kappa shape index (κ3) is 5.36. The fourth-order valence-electron chi connectivity index (χ4n) is 4.97. The molecule has 3 heterocycles. The number of carboxylic acid groups (broad SMARTS) is 1. The van der Waals surface area contributed by atoms with E-state index in [1.54, 1.807) is 18.0 Å². The van der Waals surface area contributed by atoms with Gasteiger partial charge >= 0.3 is 12.1 Å². The first-order chi connectivity index (χ1) is 18.6. The molecule has 39 heavy (non-hydrogen) atoms. The second kappa shape index (κ2) is 10.7. The second-order valence-corrected chi connectivity index (χ2v) is 10.5. The van der Waals surface area contributed by atoms with Crippen LogP contribution in [0.2, 0.25) is 5.15 Å². The Labute approximate surface area is 230 Å². The molecule has 1 aliphatic carbocycles. The van der Waals surface area contributed by atoms with Crippen molar-refractivity contribution < 1.29 is 19.4 Å². The van der Waals surface area contributed by atoms with Gasteiger partial charge in [-0.05, 0) is 56.9 Å². The molecular formula is C27H31ClN6O5. The van der Waals surface area contributed by atoms with E-state index in [9.17, 15) is 19.5 Å². The van der Waals surface area contributed by atoms with E-state index in [1.165, 1.54) is 10.6 Å². The minimum atomic E-state index is -1.20. The molecule has 1 atom stereocenters. The molecule has 2 N–H and O–H groups in total. The molecule has 11 nitrogen and oxygen atoms in total. The summed E-state index contributed by atoms with van der Waals surface area (Å²) in [6.07, 6.45) is 2.70. The van der Waals surface area contributed by atoms with E-state index in [0.29, 0.717) is 48.7 Å². The van der Waals surface area contributed by atoms with Gasteiger partial charge < -0.3 is 25.0 Å². The molecular weight excluding hydrogens is 524 g/mol. The molecule has 1 saturated carbocycles. The number of aromatic nitrogens is 3. The van der Waals surface area contributed by atoms with Crippen LogP contribution in [-0.2, 0) is 11.8 Å². The molecule has 2 aromatic heterocycles. The van der Waals surface area contributed by atoms with E-state index in [4.69, 9.17) is 21.3 Å². The molecule has 12 heteroatoms. The number of nitrogens with zero attached hydrogens (tertiary/aromatic N) is 5. The van der Waals surface area contributed by atoms with Crippen molar-refractivity contribution >= 4 is 46.2 Å². The zero-order valence-electron chi connectivity index (χ0n) is 22.1.